The lowest BCUT2D eigenvalue weighted by Crippen LogP contribution is -2.43. The van der Waals surface area contributed by atoms with E-state index < -0.39 is 11.6 Å². The Hall–Kier alpha value is -2.48. The first-order chi connectivity index (χ1) is 9.96. The molecule has 1 aliphatic heterocycles. The third-order valence-electron chi connectivity index (χ3n) is 3.76. The first kappa shape index (κ1) is 14.9. The minimum atomic E-state index is -0.900. The number of allylic oxidation sites excluding steroid dienone is 1. The summed E-state index contributed by atoms with van der Waals surface area (Å²) >= 11 is 0. The molecule has 2 N–H and O–H groups in total. The SMILES string of the molecule is CN/C(C#Cc1ccccn1)=C1\CCN(C(=O)O)C1(C)C. The summed E-state index contributed by atoms with van der Waals surface area (Å²) in [5.41, 5.74) is 1.92. The number of aromatic nitrogens is 1. The second-order valence-electron chi connectivity index (χ2n) is 5.31. The van der Waals surface area contributed by atoms with Gasteiger partial charge in [-0.3, -0.25) is 4.90 Å². The van der Waals surface area contributed by atoms with Crippen molar-refractivity contribution in [2.75, 3.05) is 13.6 Å². The molecule has 1 amide bonds. The summed E-state index contributed by atoms with van der Waals surface area (Å²) in [7, 11) is 1.80. The van der Waals surface area contributed by atoms with Crippen LogP contribution in [0, 0.1) is 11.8 Å². The molecule has 5 nitrogen and oxygen atoms in total. The smallest absolute Gasteiger partial charge is 0.408 e. The molecule has 0 aromatic carbocycles. The van der Waals surface area contributed by atoms with E-state index in [1.807, 2.05) is 32.0 Å². The third kappa shape index (κ3) is 3.00. The van der Waals surface area contributed by atoms with Crippen LogP contribution in [0.25, 0.3) is 0 Å². The minimum Gasteiger partial charge on any atom is -0.465 e. The summed E-state index contributed by atoms with van der Waals surface area (Å²) in [6.07, 6.45) is 1.48. The van der Waals surface area contributed by atoms with Crippen molar-refractivity contribution in [3.63, 3.8) is 0 Å². The Balaban J connectivity index is 2.37. The van der Waals surface area contributed by atoms with E-state index in [2.05, 4.69) is 22.1 Å². The van der Waals surface area contributed by atoms with Gasteiger partial charge in [-0.1, -0.05) is 6.07 Å². The number of nitrogens with zero attached hydrogens (tertiary/aromatic N) is 2. The zero-order valence-electron chi connectivity index (χ0n) is 12.5. The maximum Gasteiger partial charge on any atom is 0.408 e. The monoisotopic (exact) mass is 285 g/mol. The second kappa shape index (κ2) is 5.88. The van der Waals surface area contributed by atoms with E-state index in [9.17, 15) is 9.90 Å². The molecule has 21 heavy (non-hydrogen) atoms. The van der Waals surface area contributed by atoms with Gasteiger partial charge in [0.2, 0.25) is 0 Å². The van der Waals surface area contributed by atoms with Crippen LogP contribution in [0.5, 0.6) is 0 Å². The Morgan fingerprint density at radius 1 is 1.48 bits per heavy atom. The fourth-order valence-electron chi connectivity index (χ4n) is 2.59. The van der Waals surface area contributed by atoms with Gasteiger partial charge >= 0.3 is 6.09 Å². The summed E-state index contributed by atoms with van der Waals surface area (Å²) in [4.78, 5) is 16.9. The highest BCUT2D eigenvalue weighted by Crippen LogP contribution is 2.35. The van der Waals surface area contributed by atoms with Crippen molar-refractivity contribution < 1.29 is 9.90 Å². The minimum absolute atomic E-state index is 0.494. The number of nitrogens with one attached hydrogen (secondary N) is 1. The van der Waals surface area contributed by atoms with Gasteiger partial charge in [0, 0.05) is 19.8 Å². The van der Waals surface area contributed by atoms with E-state index in [1.54, 1.807) is 13.2 Å². The van der Waals surface area contributed by atoms with Crippen molar-refractivity contribution in [3.05, 3.63) is 41.4 Å². The van der Waals surface area contributed by atoms with Gasteiger partial charge < -0.3 is 10.4 Å². The van der Waals surface area contributed by atoms with Gasteiger partial charge in [0.25, 0.3) is 0 Å². The average Bonchev–Trinajstić information content (AvgIpc) is 2.76. The Morgan fingerprint density at radius 2 is 2.24 bits per heavy atom. The van der Waals surface area contributed by atoms with Crippen LogP contribution in [-0.2, 0) is 0 Å². The van der Waals surface area contributed by atoms with E-state index in [0.717, 1.165) is 11.3 Å². The lowest BCUT2D eigenvalue weighted by atomic mass is 9.93. The molecule has 1 aromatic rings. The van der Waals surface area contributed by atoms with Crippen LogP contribution in [0.15, 0.2) is 35.7 Å². The zero-order valence-corrected chi connectivity index (χ0v) is 12.5. The maximum absolute atomic E-state index is 11.3. The van der Waals surface area contributed by atoms with Crippen LogP contribution < -0.4 is 5.32 Å². The van der Waals surface area contributed by atoms with E-state index in [1.165, 1.54) is 4.90 Å². The van der Waals surface area contributed by atoms with Crippen molar-refractivity contribution in [2.24, 2.45) is 0 Å². The van der Waals surface area contributed by atoms with Crippen LogP contribution in [0.2, 0.25) is 0 Å². The number of carbonyl (C=O) groups is 1. The molecule has 0 saturated carbocycles. The summed E-state index contributed by atoms with van der Waals surface area (Å²) in [6.45, 7) is 4.31. The number of pyridine rings is 1. The normalized spacial score (nSPS) is 18.7. The molecule has 2 rings (SSSR count). The molecule has 0 spiro atoms. The molecule has 1 aromatic heterocycles. The van der Waals surface area contributed by atoms with Gasteiger partial charge in [-0.2, -0.15) is 0 Å². The molecule has 1 saturated heterocycles. The topological polar surface area (TPSA) is 65.5 Å². The molecule has 5 heteroatoms. The van der Waals surface area contributed by atoms with Crippen molar-refractivity contribution in [1.29, 1.82) is 0 Å². The zero-order chi connectivity index (χ0) is 15.5. The molecule has 0 atom stereocenters. The molecule has 2 heterocycles. The van der Waals surface area contributed by atoms with Gasteiger partial charge in [0.1, 0.15) is 5.69 Å². The first-order valence-electron chi connectivity index (χ1n) is 6.82. The van der Waals surface area contributed by atoms with Crippen molar-refractivity contribution in [1.82, 2.24) is 15.2 Å². The van der Waals surface area contributed by atoms with Gasteiger partial charge in [-0.15, -0.1) is 0 Å². The van der Waals surface area contributed by atoms with Crippen LogP contribution in [0.1, 0.15) is 26.0 Å². The summed E-state index contributed by atoms with van der Waals surface area (Å²) in [5, 5.41) is 12.4. The predicted octanol–water partition coefficient (Wildman–Crippen LogP) is 2.07. The lowest BCUT2D eigenvalue weighted by molar-refractivity contribution is 0.124. The van der Waals surface area contributed by atoms with Gasteiger partial charge in [-0.05, 0) is 49.8 Å². The van der Waals surface area contributed by atoms with E-state index >= 15 is 0 Å². The van der Waals surface area contributed by atoms with E-state index in [-0.39, 0.29) is 0 Å². The number of hydrogen-bond acceptors (Lipinski definition) is 3. The van der Waals surface area contributed by atoms with Gasteiger partial charge in [-0.25, -0.2) is 9.78 Å². The Labute approximate surface area is 124 Å². The Kier molecular flexibility index (Phi) is 4.18. The largest absolute Gasteiger partial charge is 0.465 e. The highest BCUT2D eigenvalue weighted by molar-refractivity contribution is 5.68. The van der Waals surface area contributed by atoms with Crippen LogP contribution >= 0.6 is 0 Å². The Morgan fingerprint density at radius 3 is 2.76 bits per heavy atom. The lowest BCUT2D eigenvalue weighted by Gasteiger charge is -2.30. The maximum atomic E-state index is 11.3. The van der Waals surface area contributed by atoms with Crippen molar-refractivity contribution in [2.45, 2.75) is 25.8 Å². The summed E-state index contributed by atoms with van der Waals surface area (Å²) in [5.74, 6) is 6.09. The molecule has 110 valence electrons. The average molecular weight is 285 g/mol. The number of rotatable bonds is 1. The van der Waals surface area contributed by atoms with Crippen molar-refractivity contribution >= 4 is 6.09 Å². The summed E-state index contributed by atoms with van der Waals surface area (Å²) in [6, 6.07) is 5.57. The summed E-state index contributed by atoms with van der Waals surface area (Å²) < 4.78 is 0. The molecule has 0 unspecified atom stereocenters. The van der Waals surface area contributed by atoms with Crippen LogP contribution in [0.4, 0.5) is 4.79 Å². The molecular formula is C16H19N3O2. The molecule has 0 aliphatic carbocycles. The number of hydrogen-bond donors (Lipinski definition) is 2. The second-order valence-corrected chi connectivity index (χ2v) is 5.31. The first-order valence-corrected chi connectivity index (χ1v) is 6.82. The quantitative estimate of drug-likeness (QED) is 0.775. The fraction of sp³-hybridized carbons (Fsp3) is 0.375. The van der Waals surface area contributed by atoms with E-state index in [0.29, 0.717) is 18.7 Å². The van der Waals surface area contributed by atoms with Crippen molar-refractivity contribution in [3.8, 4) is 11.8 Å². The van der Waals surface area contributed by atoms with Gasteiger partial charge in [0.15, 0.2) is 0 Å². The fourth-order valence-corrected chi connectivity index (χ4v) is 2.59. The third-order valence-corrected chi connectivity index (χ3v) is 3.76. The number of likely N-dealkylation sites (tertiary alicyclic amines) is 1. The van der Waals surface area contributed by atoms with Gasteiger partial charge in [0.05, 0.1) is 11.2 Å². The molecule has 0 radical (unpaired) electrons. The highest BCUT2D eigenvalue weighted by atomic mass is 16.4. The molecule has 0 bridgehead atoms. The standard InChI is InChI=1S/C16H19N3O2/c1-16(2)13(9-11-19(16)15(20)21)14(17-3)8-7-12-6-4-5-10-18-12/h4-6,10,17H,9,11H2,1-3H3,(H,20,21)/b14-13+. The van der Waals surface area contributed by atoms with Crippen LogP contribution in [0.3, 0.4) is 0 Å². The predicted molar refractivity (Wildman–Crippen MR) is 80.6 cm³/mol. The highest BCUT2D eigenvalue weighted by Gasteiger charge is 2.41. The van der Waals surface area contributed by atoms with E-state index in [4.69, 9.17) is 0 Å². The molecular weight excluding hydrogens is 266 g/mol. The molecule has 1 fully saturated rings. The number of carboxylic acid groups (broad SMARTS) is 1. The number of amides is 1. The molecule has 1 aliphatic rings. The van der Waals surface area contributed by atoms with Crippen LogP contribution in [-0.4, -0.2) is 40.2 Å². The Bertz CT molecular complexity index is 624.